The Morgan fingerprint density at radius 3 is 2.32 bits per heavy atom. The molecule has 1 aromatic carbocycles. The number of aryl methyl sites for hydroxylation is 1. The third-order valence-corrected chi connectivity index (χ3v) is 3.93. The Labute approximate surface area is 146 Å². The molecule has 1 aliphatic rings. The molecule has 1 aliphatic carbocycles. The number of amides is 3. The number of hydrogen-bond acceptors (Lipinski definition) is 4. The van der Waals surface area contributed by atoms with Crippen molar-refractivity contribution in [3.05, 3.63) is 42.2 Å². The van der Waals surface area contributed by atoms with E-state index < -0.39 is 6.04 Å². The molecule has 1 fully saturated rings. The minimum absolute atomic E-state index is 0.178. The Balaban J connectivity index is 1.58. The van der Waals surface area contributed by atoms with Crippen LogP contribution in [0.1, 0.15) is 24.4 Å². The Hall–Kier alpha value is -2.87. The van der Waals surface area contributed by atoms with Crippen LogP contribution in [0.4, 0.5) is 16.2 Å². The molecule has 132 valence electrons. The van der Waals surface area contributed by atoms with Crippen LogP contribution >= 0.6 is 0 Å². The lowest BCUT2D eigenvalue weighted by Gasteiger charge is -2.15. The van der Waals surface area contributed by atoms with Crippen molar-refractivity contribution in [2.45, 2.75) is 24.9 Å². The summed E-state index contributed by atoms with van der Waals surface area (Å²) >= 11 is 0. The van der Waals surface area contributed by atoms with Crippen molar-refractivity contribution in [2.24, 2.45) is 7.05 Å². The first-order chi connectivity index (χ1) is 12.0. The van der Waals surface area contributed by atoms with Crippen molar-refractivity contribution in [1.82, 2.24) is 20.4 Å². The van der Waals surface area contributed by atoms with Crippen molar-refractivity contribution in [2.75, 3.05) is 17.7 Å². The molecule has 0 saturated heterocycles. The normalized spacial score (nSPS) is 14.6. The van der Waals surface area contributed by atoms with Gasteiger partial charge in [0.1, 0.15) is 6.04 Å². The van der Waals surface area contributed by atoms with Crippen LogP contribution in [-0.4, -0.2) is 34.8 Å². The van der Waals surface area contributed by atoms with Gasteiger partial charge in [0.2, 0.25) is 5.91 Å². The molecule has 1 heterocycles. The van der Waals surface area contributed by atoms with E-state index in [1.54, 1.807) is 55.4 Å². The summed E-state index contributed by atoms with van der Waals surface area (Å²) in [5.74, 6) is -0.178. The maximum Gasteiger partial charge on any atom is 0.319 e. The molecule has 0 aliphatic heterocycles. The van der Waals surface area contributed by atoms with Gasteiger partial charge in [-0.25, -0.2) is 4.79 Å². The highest BCUT2D eigenvalue weighted by Crippen LogP contribution is 2.20. The van der Waals surface area contributed by atoms with E-state index in [1.807, 2.05) is 0 Å². The summed E-state index contributed by atoms with van der Waals surface area (Å²) in [6, 6.07) is 6.62. The maximum atomic E-state index is 12.5. The van der Waals surface area contributed by atoms with Gasteiger partial charge in [-0.2, -0.15) is 5.10 Å². The number of anilines is 2. The monoisotopic (exact) mass is 342 g/mol. The summed E-state index contributed by atoms with van der Waals surface area (Å²) in [7, 11) is 3.53. The van der Waals surface area contributed by atoms with E-state index in [0.717, 1.165) is 18.4 Å². The quantitative estimate of drug-likeness (QED) is 0.641. The Bertz CT molecular complexity index is 751. The highest BCUT2D eigenvalue weighted by molar-refractivity contribution is 5.96. The number of benzene rings is 1. The molecular weight excluding hydrogens is 320 g/mol. The van der Waals surface area contributed by atoms with E-state index in [9.17, 15) is 9.59 Å². The number of rotatable bonds is 6. The maximum absolute atomic E-state index is 12.5. The molecule has 1 aromatic heterocycles. The van der Waals surface area contributed by atoms with Gasteiger partial charge in [0, 0.05) is 36.2 Å². The minimum atomic E-state index is -0.490. The number of aromatic nitrogens is 2. The number of nitrogens with zero attached hydrogens (tertiary/aromatic N) is 2. The third-order valence-electron chi connectivity index (χ3n) is 3.93. The van der Waals surface area contributed by atoms with Gasteiger partial charge >= 0.3 is 6.03 Å². The zero-order chi connectivity index (χ0) is 17.8. The smallest absolute Gasteiger partial charge is 0.319 e. The topological polar surface area (TPSA) is 100 Å². The molecule has 25 heavy (non-hydrogen) atoms. The molecule has 3 amide bonds. The molecule has 1 unspecified atom stereocenters. The molecular formula is C17H22N6O2. The van der Waals surface area contributed by atoms with E-state index in [2.05, 4.69) is 26.4 Å². The second-order valence-electron chi connectivity index (χ2n) is 6.11. The summed E-state index contributed by atoms with van der Waals surface area (Å²) in [4.78, 5) is 24.2. The molecule has 4 N–H and O–H groups in total. The fourth-order valence-corrected chi connectivity index (χ4v) is 2.47. The zero-order valence-corrected chi connectivity index (χ0v) is 14.2. The SMILES string of the molecule is CNC(C(=O)Nc1ccc(NC(=O)NC2CC2)cc1)c1cnn(C)c1. The second kappa shape index (κ2) is 7.35. The van der Waals surface area contributed by atoms with E-state index in [-0.39, 0.29) is 11.9 Å². The molecule has 0 bridgehead atoms. The number of carbonyl (C=O) groups excluding carboxylic acids is 2. The van der Waals surface area contributed by atoms with E-state index in [1.165, 1.54) is 0 Å². The van der Waals surface area contributed by atoms with Crippen molar-refractivity contribution < 1.29 is 9.59 Å². The molecule has 1 atom stereocenters. The van der Waals surface area contributed by atoms with Gasteiger partial charge < -0.3 is 21.3 Å². The Morgan fingerprint density at radius 1 is 1.16 bits per heavy atom. The summed E-state index contributed by atoms with van der Waals surface area (Å²) in [5.41, 5.74) is 2.12. The number of hydrogen-bond donors (Lipinski definition) is 4. The number of carbonyl (C=O) groups is 2. The Morgan fingerprint density at radius 2 is 1.80 bits per heavy atom. The molecule has 3 rings (SSSR count). The lowest BCUT2D eigenvalue weighted by atomic mass is 10.1. The average molecular weight is 342 g/mol. The van der Waals surface area contributed by atoms with Crippen LogP contribution in [0.2, 0.25) is 0 Å². The minimum Gasteiger partial charge on any atom is -0.335 e. The first-order valence-corrected chi connectivity index (χ1v) is 8.19. The number of likely N-dealkylation sites (N-methyl/N-ethyl adjacent to an activating group) is 1. The predicted octanol–water partition coefficient (Wildman–Crippen LogP) is 1.60. The van der Waals surface area contributed by atoms with Gasteiger partial charge in [0.25, 0.3) is 0 Å². The fraction of sp³-hybridized carbons (Fsp3) is 0.353. The van der Waals surface area contributed by atoms with E-state index in [0.29, 0.717) is 17.4 Å². The van der Waals surface area contributed by atoms with Crippen LogP contribution in [0.15, 0.2) is 36.7 Å². The fourth-order valence-electron chi connectivity index (χ4n) is 2.47. The van der Waals surface area contributed by atoms with Gasteiger partial charge in [0.05, 0.1) is 6.20 Å². The van der Waals surface area contributed by atoms with Gasteiger partial charge in [-0.05, 0) is 44.2 Å². The summed E-state index contributed by atoms with van der Waals surface area (Å²) < 4.78 is 1.65. The molecule has 1 saturated carbocycles. The van der Waals surface area contributed by atoms with Crippen molar-refractivity contribution in [3.8, 4) is 0 Å². The summed E-state index contributed by atoms with van der Waals surface area (Å²) in [5, 5.41) is 15.6. The standard InChI is InChI=1S/C17H22N6O2/c1-18-15(11-9-19-23(2)10-11)16(24)20-12-3-5-13(6-4-12)21-17(25)22-14-7-8-14/h3-6,9-10,14-15,18H,7-8H2,1-2H3,(H,20,24)(H2,21,22,25). The first kappa shape index (κ1) is 17.0. The van der Waals surface area contributed by atoms with Crippen LogP contribution < -0.4 is 21.3 Å². The van der Waals surface area contributed by atoms with Crippen molar-refractivity contribution in [1.29, 1.82) is 0 Å². The van der Waals surface area contributed by atoms with Gasteiger partial charge in [-0.15, -0.1) is 0 Å². The number of urea groups is 1. The predicted molar refractivity (Wildman–Crippen MR) is 95.3 cm³/mol. The van der Waals surface area contributed by atoms with Gasteiger partial charge in [-0.1, -0.05) is 0 Å². The summed E-state index contributed by atoms with van der Waals surface area (Å²) in [6.07, 6.45) is 5.54. The lowest BCUT2D eigenvalue weighted by molar-refractivity contribution is -0.118. The van der Waals surface area contributed by atoms with Gasteiger partial charge in [-0.3, -0.25) is 9.48 Å². The first-order valence-electron chi connectivity index (χ1n) is 8.19. The molecule has 8 nitrogen and oxygen atoms in total. The van der Waals surface area contributed by atoms with Crippen LogP contribution in [0.3, 0.4) is 0 Å². The van der Waals surface area contributed by atoms with Crippen molar-refractivity contribution >= 4 is 23.3 Å². The van der Waals surface area contributed by atoms with Crippen LogP contribution in [0, 0.1) is 0 Å². The summed E-state index contributed by atoms with van der Waals surface area (Å²) in [6.45, 7) is 0. The molecule has 8 heteroatoms. The zero-order valence-electron chi connectivity index (χ0n) is 14.2. The second-order valence-corrected chi connectivity index (χ2v) is 6.11. The highest BCUT2D eigenvalue weighted by Gasteiger charge is 2.23. The Kier molecular flexibility index (Phi) is 4.99. The van der Waals surface area contributed by atoms with Crippen LogP contribution in [0.25, 0.3) is 0 Å². The van der Waals surface area contributed by atoms with Gasteiger partial charge in [0.15, 0.2) is 0 Å². The molecule has 2 aromatic rings. The van der Waals surface area contributed by atoms with Crippen LogP contribution in [0.5, 0.6) is 0 Å². The lowest BCUT2D eigenvalue weighted by Crippen LogP contribution is -2.30. The average Bonchev–Trinajstić information content (AvgIpc) is 3.29. The van der Waals surface area contributed by atoms with E-state index in [4.69, 9.17) is 0 Å². The largest absolute Gasteiger partial charge is 0.335 e. The molecule has 0 spiro atoms. The van der Waals surface area contributed by atoms with Crippen LogP contribution in [-0.2, 0) is 11.8 Å². The highest BCUT2D eigenvalue weighted by atomic mass is 16.2. The molecule has 0 radical (unpaired) electrons. The third kappa shape index (κ3) is 4.57. The van der Waals surface area contributed by atoms with E-state index >= 15 is 0 Å². The number of nitrogens with one attached hydrogen (secondary N) is 4. The van der Waals surface area contributed by atoms with Crippen molar-refractivity contribution in [3.63, 3.8) is 0 Å².